The van der Waals surface area contributed by atoms with Crippen LogP contribution in [0.3, 0.4) is 0 Å². The molecule has 4 heterocycles. The van der Waals surface area contributed by atoms with Crippen molar-refractivity contribution >= 4 is 11.3 Å². The molecule has 1 N–H and O–H groups in total. The fourth-order valence-corrected chi connectivity index (χ4v) is 2.77. The molecule has 0 aliphatic carbocycles. The Bertz CT molecular complexity index is 1030. The monoisotopic (exact) mass is 347 g/mol. The Morgan fingerprint density at radius 2 is 1.92 bits per heavy atom. The van der Waals surface area contributed by atoms with Crippen molar-refractivity contribution in [3.8, 4) is 5.82 Å². The highest BCUT2D eigenvalue weighted by atomic mass is 15.3. The fraction of sp³-hybridized carbons (Fsp3) is 0.263. The lowest BCUT2D eigenvalue weighted by molar-refractivity contribution is 0.562. The minimum Gasteiger partial charge on any atom is -0.364 e. The van der Waals surface area contributed by atoms with Gasteiger partial charge in [-0.25, -0.2) is 19.2 Å². The molecule has 4 rings (SSSR count). The maximum atomic E-state index is 4.67. The topological polar surface area (TPSA) is 72.9 Å². The standard InChI is InChI=1S/C19H21N7/c1-19(2,3)16-12-15-17(20-9-11-25(15)24-16)22-13-14-6-4-7-21-18(14)26-10-5-8-23-26/h4-12H,13H2,1-3H3,(H,20,22). The highest BCUT2D eigenvalue weighted by molar-refractivity contribution is 5.68. The third-order valence-electron chi connectivity index (χ3n) is 4.19. The first-order chi connectivity index (χ1) is 12.5. The molecule has 0 atom stereocenters. The second-order valence-corrected chi connectivity index (χ2v) is 7.18. The first-order valence-electron chi connectivity index (χ1n) is 8.55. The lowest BCUT2D eigenvalue weighted by atomic mass is 9.92. The highest BCUT2D eigenvalue weighted by Gasteiger charge is 2.19. The van der Waals surface area contributed by atoms with Gasteiger partial charge >= 0.3 is 0 Å². The van der Waals surface area contributed by atoms with E-state index in [2.05, 4.69) is 52.3 Å². The highest BCUT2D eigenvalue weighted by Crippen LogP contribution is 2.25. The van der Waals surface area contributed by atoms with E-state index in [0.29, 0.717) is 6.54 Å². The van der Waals surface area contributed by atoms with Gasteiger partial charge in [-0.1, -0.05) is 26.8 Å². The molecule has 0 unspecified atom stereocenters. The normalized spacial score (nSPS) is 11.8. The smallest absolute Gasteiger partial charge is 0.158 e. The number of rotatable bonds is 4. The molecular formula is C19H21N7. The summed E-state index contributed by atoms with van der Waals surface area (Å²) in [5.41, 5.74) is 3.02. The summed E-state index contributed by atoms with van der Waals surface area (Å²) in [5.74, 6) is 1.60. The summed E-state index contributed by atoms with van der Waals surface area (Å²) >= 11 is 0. The Balaban J connectivity index is 1.64. The number of fused-ring (bicyclic) bond motifs is 1. The molecule has 26 heavy (non-hydrogen) atoms. The van der Waals surface area contributed by atoms with Crippen molar-refractivity contribution in [2.24, 2.45) is 0 Å². The summed E-state index contributed by atoms with van der Waals surface area (Å²) in [4.78, 5) is 8.95. The molecule has 4 aromatic heterocycles. The van der Waals surface area contributed by atoms with Gasteiger partial charge < -0.3 is 5.32 Å². The van der Waals surface area contributed by atoms with Crippen LogP contribution in [0, 0.1) is 0 Å². The first-order valence-corrected chi connectivity index (χ1v) is 8.55. The van der Waals surface area contributed by atoms with Crippen LogP contribution in [-0.4, -0.2) is 29.4 Å². The van der Waals surface area contributed by atoms with Crippen LogP contribution in [-0.2, 0) is 12.0 Å². The van der Waals surface area contributed by atoms with Gasteiger partial charge in [-0.05, 0) is 18.2 Å². The third kappa shape index (κ3) is 3.03. The molecule has 0 saturated heterocycles. The van der Waals surface area contributed by atoms with Crippen molar-refractivity contribution < 1.29 is 0 Å². The van der Waals surface area contributed by atoms with Gasteiger partial charge in [-0.15, -0.1) is 0 Å². The zero-order valence-electron chi connectivity index (χ0n) is 15.1. The van der Waals surface area contributed by atoms with E-state index in [9.17, 15) is 0 Å². The minimum absolute atomic E-state index is 0.0140. The number of hydrogen-bond acceptors (Lipinski definition) is 5. The number of pyridine rings is 1. The van der Waals surface area contributed by atoms with E-state index in [4.69, 9.17) is 0 Å². The summed E-state index contributed by atoms with van der Waals surface area (Å²) in [6.07, 6.45) is 9.03. The summed E-state index contributed by atoms with van der Waals surface area (Å²) in [6.45, 7) is 7.05. The van der Waals surface area contributed by atoms with Crippen LogP contribution in [0.25, 0.3) is 11.3 Å². The molecule has 0 fully saturated rings. The van der Waals surface area contributed by atoms with Crippen molar-refractivity contribution in [3.63, 3.8) is 0 Å². The van der Waals surface area contributed by atoms with E-state index in [1.165, 1.54) is 0 Å². The fourth-order valence-electron chi connectivity index (χ4n) is 2.77. The Morgan fingerprint density at radius 1 is 1.04 bits per heavy atom. The molecule has 0 spiro atoms. The number of nitrogens with zero attached hydrogens (tertiary/aromatic N) is 6. The van der Waals surface area contributed by atoms with Gasteiger partial charge in [0.05, 0.1) is 5.69 Å². The van der Waals surface area contributed by atoms with Gasteiger partial charge in [0, 0.05) is 48.5 Å². The Hall–Kier alpha value is -3.22. The van der Waals surface area contributed by atoms with Crippen LogP contribution in [0.4, 0.5) is 5.82 Å². The van der Waals surface area contributed by atoms with E-state index in [-0.39, 0.29) is 5.41 Å². The summed E-state index contributed by atoms with van der Waals surface area (Å²) in [6, 6.07) is 7.93. The molecule has 0 bridgehead atoms. The second-order valence-electron chi connectivity index (χ2n) is 7.18. The van der Waals surface area contributed by atoms with E-state index in [0.717, 1.165) is 28.4 Å². The predicted molar refractivity (Wildman–Crippen MR) is 100 cm³/mol. The number of hydrogen-bond donors (Lipinski definition) is 1. The Morgan fingerprint density at radius 3 is 2.69 bits per heavy atom. The third-order valence-corrected chi connectivity index (χ3v) is 4.19. The van der Waals surface area contributed by atoms with Gasteiger partial charge in [0.1, 0.15) is 5.52 Å². The minimum atomic E-state index is -0.0140. The van der Waals surface area contributed by atoms with Gasteiger partial charge in [0.25, 0.3) is 0 Å². The lowest BCUT2D eigenvalue weighted by Gasteiger charge is -2.13. The molecule has 0 saturated carbocycles. The molecule has 0 aromatic carbocycles. The van der Waals surface area contributed by atoms with E-state index in [1.54, 1.807) is 23.3 Å². The van der Waals surface area contributed by atoms with E-state index in [1.807, 2.05) is 35.1 Å². The van der Waals surface area contributed by atoms with Crippen LogP contribution >= 0.6 is 0 Å². The van der Waals surface area contributed by atoms with Crippen molar-refractivity contribution in [2.45, 2.75) is 32.7 Å². The number of anilines is 1. The molecule has 0 aliphatic rings. The van der Waals surface area contributed by atoms with Crippen molar-refractivity contribution in [1.82, 2.24) is 29.4 Å². The number of aromatic nitrogens is 6. The van der Waals surface area contributed by atoms with Gasteiger partial charge in [0.2, 0.25) is 0 Å². The predicted octanol–water partition coefficient (Wildman–Crippen LogP) is 3.22. The van der Waals surface area contributed by atoms with Crippen LogP contribution in [0.5, 0.6) is 0 Å². The van der Waals surface area contributed by atoms with Crippen LogP contribution in [0.15, 0.2) is 55.2 Å². The zero-order valence-corrected chi connectivity index (χ0v) is 15.1. The van der Waals surface area contributed by atoms with Crippen LogP contribution < -0.4 is 5.32 Å². The van der Waals surface area contributed by atoms with Crippen molar-refractivity contribution in [1.29, 1.82) is 0 Å². The summed E-state index contributed by atoms with van der Waals surface area (Å²) in [7, 11) is 0. The molecular weight excluding hydrogens is 326 g/mol. The molecule has 132 valence electrons. The average molecular weight is 347 g/mol. The maximum Gasteiger partial charge on any atom is 0.158 e. The van der Waals surface area contributed by atoms with Crippen LogP contribution in [0.2, 0.25) is 0 Å². The van der Waals surface area contributed by atoms with Crippen molar-refractivity contribution in [3.05, 3.63) is 66.5 Å². The summed E-state index contributed by atoms with van der Waals surface area (Å²) in [5, 5.41) is 12.4. The lowest BCUT2D eigenvalue weighted by Crippen LogP contribution is -2.11. The largest absolute Gasteiger partial charge is 0.364 e. The molecule has 7 nitrogen and oxygen atoms in total. The van der Waals surface area contributed by atoms with E-state index < -0.39 is 0 Å². The second kappa shape index (κ2) is 6.25. The summed E-state index contributed by atoms with van der Waals surface area (Å²) < 4.78 is 3.63. The molecule has 4 aromatic rings. The van der Waals surface area contributed by atoms with E-state index >= 15 is 0 Å². The molecule has 0 amide bonds. The maximum absolute atomic E-state index is 4.67. The quantitative estimate of drug-likeness (QED) is 0.614. The SMILES string of the molecule is CC(C)(C)c1cc2c(NCc3cccnc3-n3cccn3)nccn2n1. The molecule has 0 radical (unpaired) electrons. The number of nitrogens with one attached hydrogen (secondary N) is 1. The zero-order chi connectivity index (χ0) is 18.1. The van der Waals surface area contributed by atoms with Gasteiger partial charge in [0.15, 0.2) is 11.6 Å². The van der Waals surface area contributed by atoms with Crippen LogP contribution in [0.1, 0.15) is 32.0 Å². The van der Waals surface area contributed by atoms with Crippen molar-refractivity contribution in [2.75, 3.05) is 5.32 Å². The molecule has 0 aliphatic heterocycles. The first kappa shape index (κ1) is 16.3. The van der Waals surface area contributed by atoms with Gasteiger partial charge in [-0.2, -0.15) is 10.2 Å². The van der Waals surface area contributed by atoms with Gasteiger partial charge in [-0.3, -0.25) is 0 Å². The Labute approximate surface area is 151 Å². The average Bonchev–Trinajstić information content (AvgIpc) is 3.29. The molecule has 7 heteroatoms. The Kier molecular flexibility index (Phi) is 3.91.